The van der Waals surface area contributed by atoms with Crippen molar-refractivity contribution in [3.63, 3.8) is 0 Å². The van der Waals surface area contributed by atoms with E-state index < -0.39 is 29.5 Å². The summed E-state index contributed by atoms with van der Waals surface area (Å²) in [6, 6.07) is 8.45. The zero-order chi connectivity index (χ0) is 29.1. The van der Waals surface area contributed by atoms with Gasteiger partial charge >= 0.3 is 12.2 Å². The third-order valence-electron chi connectivity index (χ3n) is 6.29. The minimum atomic E-state index is -4.59. The van der Waals surface area contributed by atoms with Crippen LogP contribution in [0.25, 0.3) is 16.6 Å². The first-order valence-electron chi connectivity index (χ1n) is 12.4. The Bertz CT molecular complexity index is 1600. The third kappa shape index (κ3) is 6.20. The lowest BCUT2D eigenvalue weighted by atomic mass is 10.1. The lowest BCUT2D eigenvalue weighted by Crippen LogP contribution is -2.45. The Morgan fingerprint density at radius 2 is 1.98 bits per heavy atom. The summed E-state index contributed by atoms with van der Waals surface area (Å²) in [5.74, 6) is -1.25. The molecule has 11 nitrogen and oxygen atoms in total. The van der Waals surface area contributed by atoms with Crippen molar-refractivity contribution in [2.24, 2.45) is 0 Å². The van der Waals surface area contributed by atoms with Crippen LogP contribution in [0.15, 0.2) is 54.9 Å². The molecule has 5 rings (SSSR count). The number of carbonyl (C=O) groups excluding carboxylic acids is 2. The van der Waals surface area contributed by atoms with Crippen molar-refractivity contribution < 1.29 is 31.9 Å². The van der Waals surface area contributed by atoms with Crippen LogP contribution < -0.4 is 27.0 Å². The van der Waals surface area contributed by atoms with Gasteiger partial charge in [-0.3, -0.25) is 4.79 Å². The molecule has 1 fully saturated rings. The van der Waals surface area contributed by atoms with E-state index in [0.29, 0.717) is 24.3 Å². The summed E-state index contributed by atoms with van der Waals surface area (Å²) < 4.78 is 60.8. The minimum absolute atomic E-state index is 0.0527. The Morgan fingerprint density at radius 3 is 2.71 bits per heavy atom. The van der Waals surface area contributed by atoms with Crippen LogP contribution in [-0.4, -0.2) is 58.9 Å². The topological polar surface area (TPSA) is 148 Å². The predicted molar refractivity (Wildman–Crippen MR) is 142 cm³/mol. The van der Waals surface area contributed by atoms with E-state index in [2.05, 4.69) is 31.3 Å². The van der Waals surface area contributed by atoms with Crippen LogP contribution in [0.4, 0.5) is 39.5 Å². The molecule has 0 aliphatic carbocycles. The van der Waals surface area contributed by atoms with Crippen molar-refractivity contribution in [3.05, 3.63) is 71.9 Å². The van der Waals surface area contributed by atoms with Crippen molar-refractivity contribution in [1.82, 2.24) is 25.2 Å². The molecule has 3 heterocycles. The maximum atomic E-state index is 15.1. The van der Waals surface area contributed by atoms with Gasteiger partial charge in [0.25, 0.3) is 5.91 Å². The van der Waals surface area contributed by atoms with Gasteiger partial charge in [0, 0.05) is 30.9 Å². The highest BCUT2D eigenvalue weighted by molar-refractivity contribution is 6.01. The van der Waals surface area contributed by atoms with Gasteiger partial charge in [-0.15, -0.1) is 0 Å². The van der Waals surface area contributed by atoms with Gasteiger partial charge < -0.3 is 31.7 Å². The number of aromatic nitrogens is 3. The molecule has 0 spiro atoms. The number of ether oxygens (including phenoxy) is 1. The number of alkyl halides is 3. The van der Waals surface area contributed by atoms with Crippen molar-refractivity contribution in [2.45, 2.75) is 12.3 Å². The fourth-order valence-electron chi connectivity index (χ4n) is 4.34. The summed E-state index contributed by atoms with van der Waals surface area (Å²) in [6.45, 7) is 2.12. The molecule has 1 aliphatic heterocycles. The van der Waals surface area contributed by atoms with Gasteiger partial charge in [-0.2, -0.15) is 18.3 Å². The zero-order valence-corrected chi connectivity index (χ0v) is 21.3. The second kappa shape index (κ2) is 11.4. The van der Waals surface area contributed by atoms with E-state index in [1.165, 1.54) is 35.1 Å². The molecule has 1 aliphatic rings. The second-order valence-electron chi connectivity index (χ2n) is 9.11. The number of hydrogen-bond donors (Lipinski definition) is 5. The van der Waals surface area contributed by atoms with Gasteiger partial charge in [0.05, 0.1) is 24.0 Å². The first kappa shape index (κ1) is 27.8. The van der Waals surface area contributed by atoms with Gasteiger partial charge in [0.2, 0.25) is 0 Å². The quantitative estimate of drug-likeness (QED) is 0.222. The molecule has 41 heavy (non-hydrogen) atoms. The number of hydrogen-bond acceptors (Lipinski definition) is 7. The third-order valence-corrected chi connectivity index (χ3v) is 6.29. The van der Waals surface area contributed by atoms with Gasteiger partial charge in [-0.25, -0.2) is 18.7 Å². The van der Waals surface area contributed by atoms with E-state index in [-0.39, 0.29) is 41.1 Å². The lowest BCUT2D eigenvalue weighted by molar-refractivity contribution is -0.137. The Labute approximate surface area is 230 Å². The number of nitrogens with two attached hydrogens (primary N) is 1. The monoisotopic (exact) mass is 572 g/mol. The molecule has 214 valence electrons. The fourth-order valence-corrected chi connectivity index (χ4v) is 4.34. The highest BCUT2D eigenvalue weighted by atomic mass is 19.4. The van der Waals surface area contributed by atoms with Crippen molar-refractivity contribution in [2.75, 3.05) is 42.6 Å². The minimum Gasteiger partial charge on any atom is -0.382 e. The molecule has 2 aromatic heterocycles. The molecular weight excluding hydrogens is 548 g/mol. The van der Waals surface area contributed by atoms with Crippen LogP contribution in [-0.2, 0) is 10.9 Å². The number of nitrogen functional groups attached to an aromatic ring is 1. The molecule has 0 saturated carbocycles. The number of carbonyl (C=O) groups is 2. The van der Waals surface area contributed by atoms with Gasteiger partial charge in [-0.05, 0) is 42.0 Å². The summed E-state index contributed by atoms with van der Waals surface area (Å²) in [5.41, 5.74) is 5.87. The molecule has 3 amide bonds. The van der Waals surface area contributed by atoms with Crippen molar-refractivity contribution >= 4 is 34.6 Å². The second-order valence-corrected chi connectivity index (χ2v) is 9.11. The SMILES string of the molecule is Nc1ncnn2c(C(=O)NCC3CNCCO3)cc(-c3ccc(NC(=O)Nc4cccc(C(F)(F)F)c4)c(F)c3)c12. The number of rotatable bonds is 6. The van der Waals surface area contributed by atoms with E-state index >= 15 is 4.39 Å². The number of morpholine rings is 1. The van der Waals surface area contributed by atoms with E-state index in [9.17, 15) is 22.8 Å². The summed E-state index contributed by atoms with van der Waals surface area (Å²) in [6.07, 6.45) is -3.60. The highest BCUT2D eigenvalue weighted by Gasteiger charge is 2.30. The zero-order valence-electron chi connectivity index (χ0n) is 21.3. The predicted octanol–water partition coefficient (Wildman–Crippen LogP) is 3.50. The van der Waals surface area contributed by atoms with E-state index in [4.69, 9.17) is 10.5 Å². The smallest absolute Gasteiger partial charge is 0.382 e. The molecular formula is C26H24F4N8O3. The Hall–Kier alpha value is -4.76. The van der Waals surface area contributed by atoms with E-state index in [1.807, 2.05) is 0 Å². The van der Waals surface area contributed by atoms with Gasteiger partial charge in [0.15, 0.2) is 5.82 Å². The summed E-state index contributed by atoms with van der Waals surface area (Å²) in [7, 11) is 0. The maximum Gasteiger partial charge on any atom is 0.416 e. The molecule has 1 saturated heterocycles. The van der Waals surface area contributed by atoms with Gasteiger partial charge in [0.1, 0.15) is 23.4 Å². The first-order chi connectivity index (χ1) is 19.6. The summed E-state index contributed by atoms with van der Waals surface area (Å²) >= 11 is 0. The van der Waals surface area contributed by atoms with Gasteiger partial charge in [-0.1, -0.05) is 12.1 Å². The molecule has 15 heteroatoms. The standard InChI is InChI=1S/C26H24F4N8O3/c27-19-8-14(4-5-20(19)37-25(40)36-16-3-1-2-15(9-16)26(28,29)30)18-10-21(38-22(18)23(31)34-13-35-38)24(39)33-12-17-11-32-6-7-41-17/h1-5,8-10,13,17,32H,6-7,11-12H2,(H,33,39)(H2,31,34,35)(H2,36,37,40). The number of halogens is 4. The fraction of sp³-hybridized carbons (Fsp3) is 0.231. The molecule has 6 N–H and O–H groups in total. The van der Waals surface area contributed by atoms with Crippen molar-refractivity contribution in [1.29, 1.82) is 0 Å². The van der Waals surface area contributed by atoms with E-state index in [1.54, 1.807) is 0 Å². The highest BCUT2D eigenvalue weighted by Crippen LogP contribution is 2.33. The Balaban J connectivity index is 1.35. The number of amides is 3. The maximum absolute atomic E-state index is 15.1. The average molecular weight is 573 g/mol. The number of nitrogens with one attached hydrogen (secondary N) is 4. The Kier molecular flexibility index (Phi) is 7.72. The average Bonchev–Trinajstić information content (AvgIpc) is 3.34. The molecule has 2 aromatic carbocycles. The molecule has 0 radical (unpaired) electrons. The number of nitrogens with zero attached hydrogens (tertiary/aromatic N) is 3. The van der Waals surface area contributed by atoms with Crippen LogP contribution >= 0.6 is 0 Å². The van der Waals surface area contributed by atoms with E-state index in [0.717, 1.165) is 30.8 Å². The summed E-state index contributed by atoms with van der Waals surface area (Å²) in [4.78, 5) is 29.4. The molecule has 1 atom stereocenters. The molecule has 0 bridgehead atoms. The van der Waals surface area contributed by atoms with Crippen LogP contribution in [0.3, 0.4) is 0 Å². The number of fused-ring (bicyclic) bond motifs is 1. The van der Waals surface area contributed by atoms with Crippen LogP contribution in [0.1, 0.15) is 16.1 Å². The largest absolute Gasteiger partial charge is 0.416 e. The lowest BCUT2D eigenvalue weighted by Gasteiger charge is -2.23. The normalized spacial score (nSPS) is 15.5. The van der Waals surface area contributed by atoms with Crippen molar-refractivity contribution in [3.8, 4) is 11.1 Å². The number of anilines is 3. The van der Waals surface area contributed by atoms with Crippen LogP contribution in [0.2, 0.25) is 0 Å². The number of urea groups is 1. The molecule has 4 aromatic rings. The number of benzene rings is 2. The van der Waals surface area contributed by atoms with Crippen LogP contribution in [0, 0.1) is 5.82 Å². The summed E-state index contributed by atoms with van der Waals surface area (Å²) in [5, 5.41) is 14.6. The Morgan fingerprint density at radius 1 is 1.15 bits per heavy atom. The van der Waals surface area contributed by atoms with Crippen LogP contribution in [0.5, 0.6) is 0 Å². The molecule has 1 unspecified atom stereocenters. The first-order valence-corrected chi connectivity index (χ1v) is 12.4.